The molecular weight excluding hydrogens is 462 g/mol. The van der Waals surface area contributed by atoms with Crippen LogP contribution in [0, 0.1) is 0 Å². The molecule has 32 heavy (non-hydrogen) atoms. The Balaban J connectivity index is 2.07. The minimum Gasteiger partial charge on any atom is -0.495 e. The normalized spacial score (nSPS) is 11.5. The first-order valence-electron chi connectivity index (χ1n) is 9.09. The number of nitrogens with one attached hydrogen (secondary N) is 1. The quantitative estimate of drug-likeness (QED) is 0.405. The second-order valence-corrected chi connectivity index (χ2v) is 8.76. The van der Waals surface area contributed by atoms with Gasteiger partial charge in [0.15, 0.2) is 11.5 Å². The largest absolute Gasteiger partial charge is 0.495 e. The number of amides is 1. The number of carbonyl (C=O) groups is 1. The van der Waals surface area contributed by atoms with Gasteiger partial charge < -0.3 is 18.9 Å². The fraction of sp³-hybridized carbons (Fsp3) is 0.300. The van der Waals surface area contributed by atoms with Crippen LogP contribution in [0.1, 0.15) is 5.56 Å². The van der Waals surface area contributed by atoms with Gasteiger partial charge >= 0.3 is 0 Å². The van der Waals surface area contributed by atoms with Gasteiger partial charge in [-0.15, -0.1) is 0 Å². The maximum atomic E-state index is 12.7. The van der Waals surface area contributed by atoms with Crippen molar-refractivity contribution in [3.8, 4) is 23.0 Å². The van der Waals surface area contributed by atoms with Crippen LogP contribution in [0.3, 0.4) is 0 Å². The lowest BCUT2D eigenvalue weighted by molar-refractivity contribution is -0.121. The molecule has 0 aliphatic carbocycles. The molecule has 0 heterocycles. The number of methoxy groups -OCH3 is 4. The molecular formula is C20H24ClN3O7S. The van der Waals surface area contributed by atoms with Crippen molar-refractivity contribution in [2.45, 2.75) is 4.90 Å². The third kappa shape index (κ3) is 5.81. The molecule has 0 saturated carbocycles. The lowest BCUT2D eigenvalue weighted by atomic mass is 10.2. The molecule has 0 aromatic heterocycles. The highest BCUT2D eigenvalue weighted by molar-refractivity contribution is 7.89. The summed E-state index contributed by atoms with van der Waals surface area (Å²) in [5.74, 6) is 0.959. The summed E-state index contributed by atoms with van der Waals surface area (Å²) in [6.45, 7) is -0.460. The summed E-state index contributed by atoms with van der Waals surface area (Å²) in [5, 5.41) is 4.00. The van der Waals surface area contributed by atoms with Gasteiger partial charge in [0.05, 0.1) is 51.1 Å². The first-order valence-corrected chi connectivity index (χ1v) is 10.9. The van der Waals surface area contributed by atoms with Crippen molar-refractivity contribution < 1.29 is 32.2 Å². The van der Waals surface area contributed by atoms with E-state index >= 15 is 0 Å². The Morgan fingerprint density at radius 3 is 2.12 bits per heavy atom. The Bertz CT molecular complexity index is 1080. The molecule has 10 nitrogen and oxygen atoms in total. The summed E-state index contributed by atoms with van der Waals surface area (Å²) < 4.78 is 47.0. The van der Waals surface area contributed by atoms with Crippen molar-refractivity contribution in [1.29, 1.82) is 0 Å². The molecule has 0 radical (unpaired) electrons. The van der Waals surface area contributed by atoms with Gasteiger partial charge in [0.25, 0.3) is 5.91 Å². The number of ether oxygens (including phenoxy) is 4. The average molecular weight is 486 g/mol. The first-order chi connectivity index (χ1) is 15.2. The maximum absolute atomic E-state index is 12.7. The third-order valence-electron chi connectivity index (χ3n) is 4.29. The van der Waals surface area contributed by atoms with Crippen LogP contribution in [-0.4, -0.2) is 66.9 Å². The summed E-state index contributed by atoms with van der Waals surface area (Å²) in [6.07, 6.45) is 1.36. The van der Waals surface area contributed by atoms with Crippen LogP contribution in [0.15, 0.2) is 40.3 Å². The summed E-state index contributed by atoms with van der Waals surface area (Å²) in [5.41, 5.74) is 2.85. The van der Waals surface area contributed by atoms with Crippen LogP contribution in [-0.2, 0) is 14.8 Å². The lowest BCUT2D eigenvalue weighted by Gasteiger charge is -2.16. The maximum Gasteiger partial charge on any atom is 0.255 e. The highest BCUT2D eigenvalue weighted by Crippen LogP contribution is 2.37. The van der Waals surface area contributed by atoms with E-state index in [1.54, 1.807) is 12.1 Å². The number of halogens is 1. The molecule has 0 unspecified atom stereocenters. The van der Waals surface area contributed by atoms with E-state index in [2.05, 4.69) is 10.5 Å². The zero-order chi connectivity index (χ0) is 23.9. The Morgan fingerprint density at radius 1 is 1.03 bits per heavy atom. The number of hydrogen-bond acceptors (Lipinski definition) is 8. The van der Waals surface area contributed by atoms with E-state index in [9.17, 15) is 13.2 Å². The Hall–Kier alpha value is -3.02. The van der Waals surface area contributed by atoms with E-state index in [0.717, 1.165) is 4.31 Å². The fourth-order valence-corrected chi connectivity index (χ4v) is 4.14. The second-order valence-electron chi connectivity index (χ2n) is 6.31. The summed E-state index contributed by atoms with van der Waals surface area (Å²) in [7, 11) is 3.19. The van der Waals surface area contributed by atoms with Crippen LogP contribution in [0.4, 0.5) is 0 Å². The molecule has 0 bridgehead atoms. The molecule has 1 N–H and O–H groups in total. The van der Waals surface area contributed by atoms with Crippen molar-refractivity contribution in [2.24, 2.45) is 5.10 Å². The van der Waals surface area contributed by atoms with E-state index in [0.29, 0.717) is 28.6 Å². The van der Waals surface area contributed by atoms with Gasteiger partial charge in [-0.3, -0.25) is 4.79 Å². The minimum absolute atomic E-state index is 0.0699. The topological polar surface area (TPSA) is 116 Å². The van der Waals surface area contributed by atoms with E-state index in [4.69, 9.17) is 30.5 Å². The van der Waals surface area contributed by atoms with Gasteiger partial charge in [-0.1, -0.05) is 11.6 Å². The standard InChI is InChI=1S/C20H24ClN3O7S/c1-24(32(26,27)14-6-7-16(28-2)15(21)10-14)12-19(25)23-22-11-13-8-17(29-3)20(31-5)18(9-13)30-4/h6-11H,12H2,1-5H3,(H,23,25). The van der Waals surface area contributed by atoms with E-state index < -0.39 is 22.5 Å². The van der Waals surface area contributed by atoms with Crippen LogP contribution < -0.4 is 24.4 Å². The van der Waals surface area contributed by atoms with E-state index in [-0.39, 0.29) is 9.92 Å². The first kappa shape index (κ1) is 25.2. The number of hydrazone groups is 1. The zero-order valence-electron chi connectivity index (χ0n) is 18.2. The number of likely N-dealkylation sites (N-methyl/N-ethyl adjacent to an activating group) is 1. The van der Waals surface area contributed by atoms with Crippen LogP contribution in [0.5, 0.6) is 23.0 Å². The van der Waals surface area contributed by atoms with E-state index in [1.807, 2.05) is 0 Å². The highest BCUT2D eigenvalue weighted by Gasteiger charge is 2.24. The molecule has 2 aromatic carbocycles. The predicted octanol–water partition coefficient (Wildman–Crippen LogP) is 2.15. The van der Waals surface area contributed by atoms with Gasteiger partial charge in [0.1, 0.15) is 5.75 Å². The lowest BCUT2D eigenvalue weighted by Crippen LogP contribution is -2.36. The molecule has 0 spiro atoms. The molecule has 2 rings (SSSR count). The Kier molecular flexibility index (Phi) is 8.70. The summed E-state index contributed by atoms with van der Waals surface area (Å²) in [6, 6.07) is 7.32. The van der Waals surface area contributed by atoms with Crippen molar-refractivity contribution in [1.82, 2.24) is 9.73 Å². The number of benzene rings is 2. The second kappa shape index (κ2) is 11.0. The van der Waals surface area contributed by atoms with Gasteiger partial charge in [-0.2, -0.15) is 9.41 Å². The minimum atomic E-state index is -3.95. The molecule has 0 saturated heterocycles. The van der Waals surface area contributed by atoms with Gasteiger partial charge in [0.2, 0.25) is 15.8 Å². The molecule has 2 aromatic rings. The highest BCUT2D eigenvalue weighted by atomic mass is 35.5. The van der Waals surface area contributed by atoms with Gasteiger partial charge in [0, 0.05) is 12.6 Å². The molecule has 1 amide bonds. The van der Waals surface area contributed by atoms with Crippen LogP contribution in [0.2, 0.25) is 5.02 Å². The molecule has 12 heteroatoms. The average Bonchev–Trinajstić information content (AvgIpc) is 2.77. The predicted molar refractivity (Wildman–Crippen MR) is 120 cm³/mol. The Labute approximate surface area is 191 Å². The number of nitrogens with zero attached hydrogens (tertiary/aromatic N) is 2. The Morgan fingerprint density at radius 2 is 1.62 bits per heavy atom. The number of sulfonamides is 1. The number of hydrogen-bond donors (Lipinski definition) is 1. The zero-order valence-corrected chi connectivity index (χ0v) is 19.8. The van der Waals surface area contributed by atoms with Crippen molar-refractivity contribution in [3.05, 3.63) is 40.9 Å². The molecule has 0 fully saturated rings. The molecule has 0 aliphatic rings. The van der Waals surface area contributed by atoms with E-state index in [1.165, 1.54) is 59.9 Å². The summed E-state index contributed by atoms with van der Waals surface area (Å²) in [4.78, 5) is 12.1. The number of carbonyl (C=O) groups excluding carboxylic acids is 1. The van der Waals surface area contributed by atoms with Crippen LogP contribution in [0.25, 0.3) is 0 Å². The van der Waals surface area contributed by atoms with Gasteiger partial charge in [-0.05, 0) is 30.3 Å². The van der Waals surface area contributed by atoms with Crippen molar-refractivity contribution in [2.75, 3.05) is 42.0 Å². The monoisotopic (exact) mass is 485 g/mol. The third-order valence-corrected chi connectivity index (χ3v) is 6.38. The molecule has 174 valence electrons. The summed E-state index contributed by atoms with van der Waals surface area (Å²) >= 11 is 6.00. The van der Waals surface area contributed by atoms with Gasteiger partial charge in [-0.25, -0.2) is 13.8 Å². The molecule has 0 atom stereocenters. The van der Waals surface area contributed by atoms with Crippen molar-refractivity contribution in [3.63, 3.8) is 0 Å². The smallest absolute Gasteiger partial charge is 0.255 e. The van der Waals surface area contributed by atoms with Crippen LogP contribution >= 0.6 is 11.6 Å². The van der Waals surface area contributed by atoms with Crippen molar-refractivity contribution >= 4 is 33.7 Å². The number of rotatable bonds is 10. The molecule has 0 aliphatic heterocycles. The SMILES string of the molecule is COc1ccc(S(=O)(=O)N(C)CC(=O)NN=Cc2cc(OC)c(OC)c(OC)c2)cc1Cl. The fourth-order valence-electron chi connectivity index (χ4n) is 2.66.